The third-order valence-corrected chi connectivity index (χ3v) is 5.89. The van der Waals surface area contributed by atoms with E-state index in [-0.39, 0.29) is 0 Å². The molecule has 0 aromatic carbocycles. The van der Waals surface area contributed by atoms with Crippen molar-refractivity contribution in [3.63, 3.8) is 0 Å². The van der Waals surface area contributed by atoms with Crippen molar-refractivity contribution in [3.05, 3.63) is 0 Å². The zero-order valence-corrected chi connectivity index (χ0v) is 20.7. The molecular formula is C18H37Cl2N5Zn. The van der Waals surface area contributed by atoms with Crippen molar-refractivity contribution >= 4 is 19.4 Å². The number of hydrogen-bond acceptors (Lipinski definition) is 5. The van der Waals surface area contributed by atoms with Crippen molar-refractivity contribution in [2.45, 2.75) is 75.5 Å². The van der Waals surface area contributed by atoms with Gasteiger partial charge in [-0.05, 0) is 25.7 Å². The minimum absolute atomic E-state index is 0.663. The molecule has 2 saturated carbocycles. The Balaban J connectivity index is 0.000000758. The van der Waals surface area contributed by atoms with Gasteiger partial charge in [0.25, 0.3) is 0 Å². The molecule has 5 nitrogen and oxygen atoms in total. The van der Waals surface area contributed by atoms with E-state index in [2.05, 4.69) is 26.6 Å². The molecule has 0 aromatic heterocycles. The van der Waals surface area contributed by atoms with Crippen LogP contribution in [0.4, 0.5) is 0 Å². The summed E-state index contributed by atoms with van der Waals surface area (Å²) in [5.74, 6) is 0. The zero-order chi connectivity index (χ0) is 18.5. The average molecular weight is 460 g/mol. The van der Waals surface area contributed by atoms with Gasteiger partial charge in [-0.3, -0.25) is 0 Å². The summed E-state index contributed by atoms with van der Waals surface area (Å²) in [6, 6.07) is 2.65. The first kappa shape index (κ1) is 23.3. The first-order valence-electron chi connectivity index (χ1n) is 10.6. The molecule has 0 amide bonds. The maximum absolute atomic E-state index is 4.95. The Bertz CT molecular complexity index is 324. The van der Waals surface area contributed by atoms with Gasteiger partial charge in [-0.1, -0.05) is 25.7 Å². The van der Waals surface area contributed by atoms with Crippen LogP contribution in [0.2, 0.25) is 0 Å². The Labute approximate surface area is 175 Å². The van der Waals surface area contributed by atoms with Gasteiger partial charge >= 0.3 is 34.5 Å². The second-order valence-electron chi connectivity index (χ2n) is 7.66. The number of rotatable bonds is 0. The van der Waals surface area contributed by atoms with E-state index in [4.69, 9.17) is 19.4 Å². The third-order valence-electron chi connectivity index (χ3n) is 5.89. The van der Waals surface area contributed by atoms with E-state index >= 15 is 0 Å². The fraction of sp³-hybridized carbons (Fsp3) is 1.00. The monoisotopic (exact) mass is 457 g/mol. The molecule has 150 valence electrons. The Morgan fingerprint density at radius 3 is 1.08 bits per heavy atom. The van der Waals surface area contributed by atoms with Gasteiger partial charge in [0.1, 0.15) is 0 Å². The van der Waals surface area contributed by atoms with Crippen molar-refractivity contribution in [2.75, 3.05) is 39.3 Å². The molecule has 1 aliphatic heterocycles. The molecule has 0 bridgehead atoms. The van der Waals surface area contributed by atoms with E-state index in [9.17, 15) is 0 Å². The number of fused-ring (bicyclic) bond motifs is 2. The van der Waals surface area contributed by atoms with Gasteiger partial charge in [0, 0.05) is 63.4 Å². The predicted molar refractivity (Wildman–Crippen MR) is 109 cm³/mol. The second-order valence-corrected chi connectivity index (χ2v) is 12.3. The van der Waals surface area contributed by atoms with Crippen LogP contribution >= 0.6 is 19.4 Å². The molecule has 4 atom stereocenters. The van der Waals surface area contributed by atoms with Crippen molar-refractivity contribution < 1.29 is 15.1 Å². The van der Waals surface area contributed by atoms with Gasteiger partial charge in [-0.15, -0.1) is 0 Å². The first-order chi connectivity index (χ1) is 12.8. The summed E-state index contributed by atoms with van der Waals surface area (Å²) in [5, 5.41) is 18.8. The molecule has 3 aliphatic rings. The second kappa shape index (κ2) is 14.9. The molecule has 5 N–H and O–H groups in total. The van der Waals surface area contributed by atoms with E-state index < -0.39 is 15.1 Å². The summed E-state index contributed by atoms with van der Waals surface area (Å²) in [6.07, 6.45) is 10.9. The molecule has 1 heterocycles. The quantitative estimate of drug-likeness (QED) is 0.359. The van der Waals surface area contributed by atoms with Crippen LogP contribution in [0.5, 0.6) is 0 Å². The van der Waals surface area contributed by atoms with Gasteiger partial charge in [-0.2, -0.15) is 0 Å². The van der Waals surface area contributed by atoms with Gasteiger partial charge in [0.15, 0.2) is 0 Å². The van der Waals surface area contributed by atoms with Crippen LogP contribution in [-0.2, 0) is 15.1 Å². The summed E-state index contributed by atoms with van der Waals surface area (Å²) >= 11 is -0.931. The SMILES string of the molecule is C1CCC2NCCNC3CCCCC3NCCNCCNC2C1.[Cl][Zn][Cl]. The molecule has 0 aromatic rings. The summed E-state index contributed by atoms with van der Waals surface area (Å²) in [7, 11) is 9.90. The van der Waals surface area contributed by atoms with Crippen LogP contribution in [0.25, 0.3) is 0 Å². The fourth-order valence-corrected chi connectivity index (χ4v) is 4.57. The molecule has 0 radical (unpaired) electrons. The Morgan fingerprint density at radius 1 is 0.500 bits per heavy atom. The first-order valence-corrected chi connectivity index (χ1v) is 18.4. The fourth-order valence-electron chi connectivity index (χ4n) is 4.57. The van der Waals surface area contributed by atoms with Crippen LogP contribution in [0.15, 0.2) is 0 Å². The van der Waals surface area contributed by atoms with E-state index in [0.717, 1.165) is 39.3 Å². The molecular weight excluding hydrogens is 423 g/mol. The van der Waals surface area contributed by atoms with E-state index in [1.54, 1.807) is 0 Å². The van der Waals surface area contributed by atoms with Gasteiger partial charge < -0.3 is 26.6 Å². The van der Waals surface area contributed by atoms with Crippen molar-refractivity contribution in [3.8, 4) is 0 Å². The third kappa shape index (κ3) is 9.00. The summed E-state index contributed by atoms with van der Waals surface area (Å²) in [5.41, 5.74) is 0. The summed E-state index contributed by atoms with van der Waals surface area (Å²) in [6.45, 7) is 6.55. The Morgan fingerprint density at radius 2 is 0.769 bits per heavy atom. The topological polar surface area (TPSA) is 60.1 Å². The van der Waals surface area contributed by atoms with Gasteiger partial charge in [-0.25, -0.2) is 0 Å². The minimum atomic E-state index is -0.931. The van der Waals surface area contributed by atoms with E-state index in [1.807, 2.05) is 0 Å². The Kier molecular flexibility index (Phi) is 13.4. The van der Waals surface area contributed by atoms with Gasteiger partial charge in [0.05, 0.1) is 0 Å². The molecule has 1 saturated heterocycles. The standard InChI is InChI=1S/C18H37N5.2ClH.Zn/c1-3-7-17-15(5-1)20-11-9-19-10-12-21-16-6-2-4-8-18(16)23-14-13-22-17;;;/h15-23H,1-14H2;2*1H;/q;;;+2/p-2. The molecule has 2 aliphatic carbocycles. The van der Waals surface area contributed by atoms with Crippen LogP contribution < -0.4 is 26.6 Å². The normalized spacial score (nSPS) is 34.5. The molecule has 0 spiro atoms. The van der Waals surface area contributed by atoms with Crippen molar-refractivity contribution in [2.24, 2.45) is 0 Å². The number of nitrogens with one attached hydrogen (secondary N) is 5. The number of hydrogen-bond donors (Lipinski definition) is 5. The van der Waals surface area contributed by atoms with Crippen LogP contribution in [-0.4, -0.2) is 63.4 Å². The number of halogens is 2. The van der Waals surface area contributed by atoms with E-state index in [1.165, 1.54) is 51.4 Å². The van der Waals surface area contributed by atoms with E-state index in [0.29, 0.717) is 24.2 Å². The van der Waals surface area contributed by atoms with Crippen LogP contribution in [0.3, 0.4) is 0 Å². The molecule has 4 unspecified atom stereocenters. The van der Waals surface area contributed by atoms with Crippen LogP contribution in [0.1, 0.15) is 51.4 Å². The zero-order valence-electron chi connectivity index (χ0n) is 16.2. The summed E-state index contributed by atoms with van der Waals surface area (Å²) < 4.78 is 0. The molecule has 8 heteroatoms. The molecule has 3 fully saturated rings. The van der Waals surface area contributed by atoms with Gasteiger partial charge in [0.2, 0.25) is 0 Å². The van der Waals surface area contributed by atoms with Crippen molar-refractivity contribution in [1.82, 2.24) is 26.6 Å². The Hall–Kier alpha value is 1.00. The van der Waals surface area contributed by atoms with Crippen LogP contribution in [0, 0.1) is 0 Å². The molecule has 26 heavy (non-hydrogen) atoms. The molecule has 3 rings (SSSR count). The summed E-state index contributed by atoms with van der Waals surface area (Å²) in [4.78, 5) is 0. The maximum atomic E-state index is 4.95. The van der Waals surface area contributed by atoms with Crippen molar-refractivity contribution in [1.29, 1.82) is 0 Å². The predicted octanol–water partition coefficient (Wildman–Crippen LogP) is 1.95. The average Bonchev–Trinajstić information content (AvgIpc) is 2.67.